The van der Waals surface area contributed by atoms with Gasteiger partial charge >= 0.3 is 6.03 Å². The van der Waals surface area contributed by atoms with Crippen LogP contribution in [-0.2, 0) is 13.1 Å². The number of amides is 2. The fourth-order valence-corrected chi connectivity index (χ4v) is 4.17. The molecule has 1 N–H and O–H groups in total. The lowest BCUT2D eigenvalue weighted by Gasteiger charge is -2.22. The van der Waals surface area contributed by atoms with Crippen LogP contribution in [0.25, 0.3) is 0 Å². The SMILES string of the molecule is O=C(NCc1ccc(F)c(F)c1)N1C[C@H]2CN(Cc3ccccc3)C[C@H]2C1. The Balaban J connectivity index is 1.26. The second-order valence-electron chi connectivity index (χ2n) is 7.51. The molecule has 2 saturated heterocycles. The Hall–Kier alpha value is -2.47. The predicted octanol–water partition coefficient (Wildman–Crippen LogP) is 3.24. The average molecular weight is 371 g/mol. The molecule has 0 unspecified atom stereocenters. The van der Waals surface area contributed by atoms with E-state index in [4.69, 9.17) is 0 Å². The van der Waals surface area contributed by atoms with Gasteiger partial charge in [0.2, 0.25) is 0 Å². The topological polar surface area (TPSA) is 35.6 Å². The average Bonchev–Trinajstić information content (AvgIpc) is 3.22. The van der Waals surface area contributed by atoms with Crippen molar-refractivity contribution in [1.29, 1.82) is 0 Å². The van der Waals surface area contributed by atoms with Crippen molar-refractivity contribution in [3.63, 3.8) is 0 Å². The summed E-state index contributed by atoms with van der Waals surface area (Å²) in [6, 6.07) is 14.0. The summed E-state index contributed by atoms with van der Waals surface area (Å²) in [6.45, 7) is 4.66. The van der Waals surface area contributed by atoms with E-state index in [1.165, 1.54) is 11.6 Å². The molecule has 0 saturated carbocycles. The zero-order valence-electron chi connectivity index (χ0n) is 15.1. The fourth-order valence-electron chi connectivity index (χ4n) is 4.17. The number of fused-ring (bicyclic) bond motifs is 1. The van der Waals surface area contributed by atoms with E-state index in [-0.39, 0.29) is 12.6 Å². The number of likely N-dealkylation sites (tertiary alicyclic amines) is 2. The zero-order valence-corrected chi connectivity index (χ0v) is 15.1. The molecule has 4 nitrogen and oxygen atoms in total. The summed E-state index contributed by atoms with van der Waals surface area (Å²) in [5.74, 6) is -0.765. The third-order valence-electron chi connectivity index (χ3n) is 5.53. The van der Waals surface area contributed by atoms with Crippen LogP contribution in [0.4, 0.5) is 13.6 Å². The number of urea groups is 1. The zero-order chi connectivity index (χ0) is 18.8. The molecule has 0 aliphatic carbocycles. The van der Waals surface area contributed by atoms with Crippen LogP contribution in [0.2, 0.25) is 0 Å². The number of nitrogens with one attached hydrogen (secondary N) is 1. The van der Waals surface area contributed by atoms with Gasteiger partial charge in [-0.1, -0.05) is 36.4 Å². The first-order chi connectivity index (χ1) is 13.1. The normalized spacial score (nSPS) is 22.1. The molecule has 6 heteroatoms. The van der Waals surface area contributed by atoms with Gasteiger partial charge < -0.3 is 10.2 Å². The molecule has 2 aromatic carbocycles. The van der Waals surface area contributed by atoms with Crippen LogP contribution < -0.4 is 5.32 Å². The van der Waals surface area contributed by atoms with Gasteiger partial charge in [0.25, 0.3) is 0 Å². The highest BCUT2D eigenvalue weighted by atomic mass is 19.2. The van der Waals surface area contributed by atoms with E-state index >= 15 is 0 Å². The summed E-state index contributed by atoms with van der Waals surface area (Å²) in [5.41, 5.74) is 1.87. The molecule has 2 aromatic rings. The van der Waals surface area contributed by atoms with E-state index < -0.39 is 11.6 Å². The Labute approximate surface area is 157 Å². The Bertz CT molecular complexity index is 800. The van der Waals surface area contributed by atoms with E-state index in [9.17, 15) is 13.6 Å². The summed E-state index contributed by atoms with van der Waals surface area (Å²) in [4.78, 5) is 16.7. The van der Waals surface area contributed by atoms with Gasteiger partial charge in [-0.25, -0.2) is 13.6 Å². The first-order valence-corrected chi connectivity index (χ1v) is 9.31. The molecule has 2 atom stereocenters. The summed E-state index contributed by atoms with van der Waals surface area (Å²) in [6.07, 6.45) is 0. The van der Waals surface area contributed by atoms with Gasteiger partial charge in [-0.2, -0.15) is 0 Å². The van der Waals surface area contributed by atoms with Gasteiger partial charge in [0.05, 0.1) is 0 Å². The summed E-state index contributed by atoms with van der Waals surface area (Å²) >= 11 is 0. The van der Waals surface area contributed by atoms with E-state index in [2.05, 4.69) is 34.5 Å². The number of carbonyl (C=O) groups excluding carboxylic acids is 1. The second-order valence-corrected chi connectivity index (χ2v) is 7.51. The van der Waals surface area contributed by atoms with Crippen LogP contribution in [-0.4, -0.2) is 42.0 Å². The van der Waals surface area contributed by atoms with E-state index in [0.717, 1.165) is 44.9 Å². The largest absolute Gasteiger partial charge is 0.334 e. The van der Waals surface area contributed by atoms with Crippen LogP contribution in [0, 0.1) is 23.5 Å². The minimum Gasteiger partial charge on any atom is -0.334 e. The maximum absolute atomic E-state index is 13.3. The molecule has 142 valence electrons. The van der Waals surface area contributed by atoms with Crippen LogP contribution >= 0.6 is 0 Å². The molecule has 0 aromatic heterocycles. The maximum atomic E-state index is 13.3. The Morgan fingerprint density at radius 2 is 1.63 bits per heavy atom. The van der Waals surface area contributed by atoms with Crippen molar-refractivity contribution in [2.24, 2.45) is 11.8 Å². The predicted molar refractivity (Wildman–Crippen MR) is 98.9 cm³/mol. The first-order valence-electron chi connectivity index (χ1n) is 9.31. The lowest BCUT2D eigenvalue weighted by Crippen LogP contribution is -2.40. The smallest absolute Gasteiger partial charge is 0.317 e. The molecule has 4 rings (SSSR count). The van der Waals surface area contributed by atoms with E-state index in [1.807, 2.05) is 11.0 Å². The molecule has 0 bridgehead atoms. The molecule has 0 spiro atoms. The monoisotopic (exact) mass is 371 g/mol. The summed E-state index contributed by atoms with van der Waals surface area (Å²) in [5, 5.41) is 2.81. The third kappa shape index (κ3) is 4.11. The van der Waals surface area contributed by atoms with Crippen LogP contribution in [0.5, 0.6) is 0 Å². The van der Waals surface area contributed by atoms with Crippen molar-refractivity contribution in [3.8, 4) is 0 Å². The number of halogens is 2. The molecule has 0 radical (unpaired) electrons. The first kappa shape index (κ1) is 17.9. The second kappa shape index (κ2) is 7.64. The molecule has 2 amide bonds. The van der Waals surface area contributed by atoms with Gasteiger partial charge in [0, 0.05) is 39.3 Å². The van der Waals surface area contributed by atoms with E-state index in [0.29, 0.717) is 17.4 Å². The minimum absolute atomic E-state index is 0.135. The Morgan fingerprint density at radius 3 is 2.30 bits per heavy atom. The number of rotatable bonds is 4. The van der Waals surface area contributed by atoms with Crippen LogP contribution in [0.15, 0.2) is 48.5 Å². The number of carbonyl (C=O) groups is 1. The maximum Gasteiger partial charge on any atom is 0.317 e. The highest BCUT2D eigenvalue weighted by Crippen LogP contribution is 2.31. The van der Waals surface area contributed by atoms with Crippen molar-refractivity contribution < 1.29 is 13.6 Å². The van der Waals surface area contributed by atoms with E-state index in [1.54, 1.807) is 0 Å². The Morgan fingerprint density at radius 1 is 0.926 bits per heavy atom. The van der Waals surface area contributed by atoms with Gasteiger partial charge in [0.1, 0.15) is 0 Å². The quantitative estimate of drug-likeness (QED) is 0.896. The molecule has 2 fully saturated rings. The number of hydrogen-bond acceptors (Lipinski definition) is 2. The van der Waals surface area contributed by atoms with Crippen molar-refractivity contribution in [2.75, 3.05) is 26.2 Å². The number of benzene rings is 2. The van der Waals surface area contributed by atoms with Crippen LogP contribution in [0.3, 0.4) is 0 Å². The molecule has 2 heterocycles. The van der Waals surface area contributed by atoms with Gasteiger partial charge in [-0.3, -0.25) is 4.90 Å². The lowest BCUT2D eigenvalue weighted by atomic mass is 10.0. The number of hydrogen-bond donors (Lipinski definition) is 1. The number of nitrogens with zero attached hydrogens (tertiary/aromatic N) is 2. The lowest BCUT2D eigenvalue weighted by molar-refractivity contribution is 0.198. The molecular formula is C21H23F2N3O. The fraction of sp³-hybridized carbons (Fsp3) is 0.381. The minimum atomic E-state index is -0.893. The highest BCUT2D eigenvalue weighted by Gasteiger charge is 2.41. The van der Waals surface area contributed by atoms with Crippen molar-refractivity contribution in [2.45, 2.75) is 13.1 Å². The summed E-state index contributed by atoms with van der Waals surface area (Å²) in [7, 11) is 0. The van der Waals surface area contributed by atoms with Crippen molar-refractivity contribution in [1.82, 2.24) is 15.1 Å². The highest BCUT2D eigenvalue weighted by molar-refractivity contribution is 5.74. The van der Waals surface area contributed by atoms with Gasteiger partial charge in [0.15, 0.2) is 11.6 Å². The molecular weight excluding hydrogens is 348 g/mol. The molecule has 2 aliphatic rings. The summed E-state index contributed by atoms with van der Waals surface area (Å²) < 4.78 is 26.2. The molecule has 2 aliphatic heterocycles. The molecule has 27 heavy (non-hydrogen) atoms. The Kier molecular flexibility index (Phi) is 5.07. The van der Waals surface area contributed by atoms with Gasteiger partial charge in [-0.05, 0) is 35.1 Å². The van der Waals surface area contributed by atoms with Crippen molar-refractivity contribution >= 4 is 6.03 Å². The third-order valence-corrected chi connectivity index (χ3v) is 5.53. The standard InChI is InChI=1S/C21H23F2N3O/c22-19-7-6-16(8-20(19)23)9-24-21(27)26-13-17-11-25(12-18(17)14-26)10-15-4-2-1-3-5-15/h1-8,17-18H,9-14H2,(H,24,27)/t17-,18+. The van der Waals surface area contributed by atoms with Gasteiger partial charge in [-0.15, -0.1) is 0 Å². The van der Waals surface area contributed by atoms with Crippen molar-refractivity contribution in [3.05, 3.63) is 71.3 Å². The van der Waals surface area contributed by atoms with Crippen LogP contribution in [0.1, 0.15) is 11.1 Å².